The topological polar surface area (TPSA) is 50.7 Å². The molecule has 0 spiro atoms. The van der Waals surface area contributed by atoms with Crippen molar-refractivity contribution in [3.05, 3.63) is 29.8 Å². The van der Waals surface area contributed by atoms with Gasteiger partial charge in [0, 0.05) is 6.21 Å². The Hall–Kier alpha value is -1.84. The molecular formula is C16H22N2O2. The van der Waals surface area contributed by atoms with Crippen LogP contribution in [-0.4, -0.2) is 19.2 Å². The van der Waals surface area contributed by atoms with Crippen molar-refractivity contribution in [1.82, 2.24) is 5.43 Å². The summed E-state index contributed by atoms with van der Waals surface area (Å²) in [6.45, 7) is 0. The van der Waals surface area contributed by atoms with Gasteiger partial charge in [0.05, 0.1) is 13.5 Å². The van der Waals surface area contributed by atoms with E-state index in [4.69, 9.17) is 4.74 Å². The first-order valence-electron chi connectivity index (χ1n) is 7.23. The van der Waals surface area contributed by atoms with Crippen LogP contribution in [-0.2, 0) is 11.2 Å². The molecule has 0 heterocycles. The average molecular weight is 274 g/mol. The Morgan fingerprint density at radius 3 is 2.65 bits per heavy atom. The molecule has 0 aromatic heterocycles. The lowest BCUT2D eigenvalue weighted by molar-refractivity contribution is -0.120. The molecule has 1 aromatic carbocycles. The van der Waals surface area contributed by atoms with E-state index in [1.165, 1.54) is 32.1 Å². The first-order valence-corrected chi connectivity index (χ1v) is 7.23. The van der Waals surface area contributed by atoms with E-state index >= 15 is 0 Å². The highest BCUT2D eigenvalue weighted by Crippen LogP contribution is 2.21. The normalized spacial score (nSPS) is 16.2. The lowest BCUT2D eigenvalue weighted by atomic mass is 9.90. The van der Waals surface area contributed by atoms with Crippen LogP contribution in [0.25, 0.3) is 0 Å². The minimum absolute atomic E-state index is 0.0813. The van der Waals surface area contributed by atoms with E-state index in [1.54, 1.807) is 7.11 Å². The van der Waals surface area contributed by atoms with Gasteiger partial charge in [-0.2, -0.15) is 5.10 Å². The molecule has 1 saturated carbocycles. The van der Waals surface area contributed by atoms with Crippen LogP contribution in [0.3, 0.4) is 0 Å². The summed E-state index contributed by atoms with van der Waals surface area (Å²) in [5, 5.41) is 4.08. The zero-order valence-corrected chi connectivity index (χ0v) is 12.0. The molecule has 1 amide bonds. The zero-order chi connectivity index (χ0) is 14.2. The van der Waals surface area contributed by atoms with Crippen LogP contribution < -0.4 is 10.2 Å². The summed E-state index contributed by atoms with van der Waals surface area (Å²) in [5.41, 5.74) is 3.56. The Labute approximate surface area is 120 Å². The number of rotatable bonds is 5. The fourth-order valence-electron chi connectivity index (χ4n) is 2.47. The lowest BCUT2D eigenvalue weighted by Gasteiger charge is -2.16. The highest BCUT2D eigenvalue weighted by Gasteiger charge is 2.10. The van der Waals surface area contributed by atoms with Gasteiger partial charge in [-0.15, -0.1) is 0 Å². The maximum absolute atomic E-state index is 11.8. The van der Waals surface area contributed by atoms with Crippen molar-refractivity contribution in [2.45, 2.75) is 38.5 Å². The number of nitrogens with zero attached hydrogens (tertiary/aromatic N) is 1. The van der Waals surface area contributed by atoms with Crippen molar-refractivity contribution in [2.24, 2.45) is 11.0 Å². The van der Waals surface area contributed by atoms with Crippen LogP contribution >= 0.6 is 0 Å². The number of amides is 1. The molecule has 1 aromatic rings. The highest BCUT2D eigenvalue weighted by atomic mass is 16.5. The van der Waals surface area contributed by atoms with E-state index in [0.717, 1.165) is 11.3 Å². The first kappa shape index (κ1) is 14.6. The second-order valence-electron chi connectivity index (χ2n) is 5.24. The minimum atomic E-state index is -0.0813. The molecule has 1 aliphatic rings. The summed E-state index contributed by atoms with van der Waals surface area (Å²) in [6, 6.07) is 7.49. The van der Waals surface area contributed by atoms with Gasteiger partial charge in [0.25, 0.3) is 0 Å². The SMILES string of the molecule is COc1ccc(CC(=O)N/N=C/C2CCCCC2)cc1. The molecule has 0 atom stereocenters. The number of benzene rings is 1. The average Bonchev–Trinajstić information content (AvgIpc) is 2.49. The Morgan fingerprint density at radius 2 is 2.00 bits per heavy atom. The van der Waals surface area contributed by atoms with Crippen LogP contribution in [0, 0.1) is 5.92 Å². The van der Waals surface area contributed by atoms with Crippen molar-refractivity contribution in [1.29, 1.82) is 0 Å². The van der Waals surface area contributed by atoms with Crippen LogP contribution in [0.15, 0.2) is 29.4 Å². The van der Waals surface area contributed by atoms with E-state index in [0.29, 0.717) is 12.3 Å². The van der Waals surface area contributed by atoms with Crippen molar-refractivity contribution >= 4 is 12.1 Å². The van der Waals surface area contributed by atoms with Crippen molar-refractivity contribution in [3.63, 3.8) is 0 Å². The number of ether oxygens (including phenoxy) is 1. The molecule has 0 aliphatic heterocycles. The van der Waals surface area contributed by atoms with Gasteiger partial charge in [-0.05, 0) is 36.5 Å². The predicted octanol–water partition coefficient (Wildman–Crippen LogP) is 2.92. The molecular weight excluding hydrogens is 252 g/mol. The van der Waals surface area contributed by atoms with Crippen molar-refractivity contribution < 1.29 is 9.53 Å². The summed E-state index contributed by atoms with van der Waals surface area (Å²) in [4.78, 5) is 11.8. The van der Waals surface area contributed by atoms with Gasteiger partial charge in [-0.25, -0.2) is 5.43 Å². The van der Waals surface area contributed by atoms with Gasteiger partial charge in [0.15, 0.2) is 0 Å². The third-order valence-corrected chi connectivity index (χ3v) is 3.65. The number of hydrogen-bond donors (Lipinski definition) is 1. The van der Waals surface area contributed by atoms with Crippen LogP contribution in [0.2, 0.25) is 0 Å². The monoisotopic (exact) mass is 274 g/mol. The maximum atomic E-state index is 11.8. The van der Waals surface area contributed by atoms with Gasteiger partial charge in [-0.3, -0.25) is 4.79 Å². The van der Waals surface area contributed by atoms with E-state index in [1.807, 2.05) is 30.5 Å². The summed E-state index contributed by atoms with van der Waals surface area (Å²) in [5.74, 6) is 1.25. The third kappa shape index (κ3) is 4.68. The number of hydrazone groups is 1. The quantitative estimate of drug-likeness (QED) is 0.663. The summed E-state index contributed by atoms with van der Waals surface area (Å²) in [7, 11) is 1.63. The fourth-order valence-corrected chi connectivity index (χ4v) is 2.47. The Bertz CT molecular complexity index is 448. The molecule has 0 radical (unpaired) electrons. The van der Waals surface area contributed by atoms with E-state index in [2.05, 4.69) is 10.5 Å². The lowest BCUT2D eigenvalue weighted by Crippen LogP contribution is -2.21. The van der Waals surface area contributed by atoms with Gasteiger partial charge in [0.1, 0.15) is 5.75 Å². The highest BCUT2D eigenvalue weighted by molar-refractivity contribution is 5.79. The number of nitrogens with one attached hydrogen (secondary N) is 1. The molecule has 20 heavy (non-hydrogen) atoms. The van der Waals surface area contributed by atoms with E-state index in [9.17, 15) is 4.79 Å². The second kappa shape index (κ2) is 7.68. The summed E-state index contributed by atoms with van der Waals surface area (Å²) in [6.07, 6.45) is 8.49. The minimum Gasteiger partial charge on any atom is -0.497 e. The van der Waals surface area contributed by atoms with Gasteiger partial charge in [-0.1, -0.05) is 31.4 Å². The Morgan fingerprint density at radius 1 is 1.30 bits per heavy atom. The molecule has 1 fully saturated rings. The van der Waals surface area contributed by atoms with Crippen LogP contribution in [0.4, 0.5) is 0 Å². The fraction of sp³-hybridized carbons (Fsp3) is 0.500. The smallest absolute Gasteiger partial charge is 0.244 e. The Kier molecular flexibility index (Phi) is 5.59. The van der Waals surface area contributed by atoms with Crippen molar-refractivity contribution in [2.75, 3.05) is 7.11 Å². The molecule has 1 N–H and O–H groups in total. The zero-order valence-electron chi connectivity index (χ0n) is 12.0. The number of carbonyl (C=O) groups is 1. The van der Waals surface area contributed by atoms with Crippen molar-refractivity contribution in [3.8, 4) is 5.75 Å². The molecule has 4 nitrogen and oxygen atoms in total. The van der Waals surface area contributed by atoms with E-state index < -0.39 is 0 Å². The first-order chi connectivity index (χ1) is 9.78. The summed E-state index contributed by atoms with van der Waals surface area (Å²) < 4.78 is 5.08. The molecule has 0 bridgehead atoms. The molecule has 0 saturated heterocycles. The molecule has 1 aliphatic carbocycles. The molecule has 2 rings (SSSR count). The van der Waals surface area contributed by atoms with Gasteiger partial charge < -0.3 is 4.74 Å². The van der Waals surface area contributed by atoms with E-state index in [-0.39, 0.29) is 5.91 Å². The second-order valence-corrected chi connectivity index (χ2v) is 5.24. The van der Waals surface area contributed by atoms with Crippen LogP contribution in [0.5, 0.6) is 5.75 Å². The number of methoxy groups -OCH3 is 1. The molecule has 0 unspecified atom stereocenters. The Balaban J connectivity index is 1.75. The van der Waals surface area contributed by atoms with Gasteiger partial charge in [0.2, 0.25) is 5.91 Å². The molecule has 108 valence electrons. The number of hydrogen-bond acceptors (Lipinski definition) is 3. The summed E-state index contributed by atoms with van der Waals surface area (Å²) >= 11 is 0. The number of carbonyl (C=O) groups excluding carboxylic acids is 1. The molecule has 4 heteroatoms. The largest absolute Gasteiger partial charge is 0.497 e. The van der Waals surface area contributed by atoms with Gasteiger partial charge >= 0.3 is 0 Å². The maximum Gasteiger partial charge on any atom is 0.244 e. The van der Waals surface area contributed by atoms with Crippen LogP contribution in [0.1, 0.15) is 37.7 Å². The standard InChI is InChI=1S/C16H22N2O2/c1-20-15-9-7-13(8-10-15)11-16(19)18-17-12-14-5-3-2-4-6-14/h7-10,12,14H,2-6,11H2,1H3,(H,18,19)/b17-12+. The third-order valence-electron chi connectivity index (χ3n) is 3.65. The predicted molar refractivity (Wildman–Crippen MR) is 79.9 cm³/mol.